The molecule has 5 heteroatoms. The quantitative estimate of drug-likeness (QED) is 0.878. The van der Waals surface area contributed by atoms with E-state index < -0.39 is 0 Å². The molecule has 2 aromatic rings. The first-order valence-electron chi connectivity index (χ1n) is 5.45. The molecule has 0 bridgehead atoms. The van der Waals surface area contributed by atoms with Gasteiger partial charge in [0, 0.05) is 10.6 Å². The van der Waals surface area contributed by atoms with Crippen LogP contribution in [0.2, 0.25) is 0 Å². The van der Waals surface area contributed by atoms with Crippen molar-refractivity contribution in [1.82, 2.24) is 15.5 Å². The van der Waals surface area contributed by atoms with Crippen molar-refractivity contribution in [2.24, 2.45) is 0 Å². The van der Waals surface area contributed by atoms with Gasteiger partial charge in [0.15, 0.2) is 0 Å². The Balaban J connectivity index is 2.12. The minimum atomic E-state index is -0.0744. The van der Waals surface area contributed by atoms with Gasteiger partial charge in [-0.25, -0.2) is 0 Å². The van der Waals surface area contributed by atoms with E-state index >= 15 is 0 Å². The molecule has 1 unspecified atom stereocenters. The number of aryl methyl sites for hydroxylation is 2. The molecule has 0 radical (unpaired) electrons. The lowest BCUT2D eigenvalue weighted by atomic mass is 10.1. The van der Waals surface area contributed by atoms with Crippen LogP contribution in [0.1, 0.15) is 39.6 Å². The van der Waals surface area contributed by atoms with Crippen LogP contribution in [-0.2, 0) is 0 Å². The predicted octanol–water partition coefficient (Wildman–Crippen LogP) is 2.58. The molecular weight excluding hydrogens is 234 g/mol. The minimum absolute atomic E-state index is 0.0243. The minimum Gasteiger partial charge on any atom is -0.345 e. The second-order valence-corrected chi connectivity index (χ2v) is 5.00. The Bertz CT molecular complexity index is 496. The Kier molecular flexibility index (Phi) is 3.28. The van der Waals surface area contributed by atoms with Crippen LogP contribution in [0.5, 0.6) is 0 Å². The van der Waals surface area contributed by atoms with Crippen LogP contribution in [0.4, 0.5) is 0 Å². The third-order valence-electron chi connectivity index (χ3n) is 2.67. The molecule has 2 N–H and O–H groups in total. The first kappa shape index (κ1) is 11.9. The van der Waals surface area contributed by atoms with Gasteiger partial charge in [0.2, 0.25) is 0 Å². The van der Waals surface area contributed by atoms with Crippen molar-refractivity contribution in [3.8, 4) is 0 Å². The number of carbonyl (C=O) groups is 1. The molecule has 2 rings (SSSR count). The summed E-state index contributed by atoms with van der Waals surface area (Å²) < 4.78 is 0. The van der Waals surface area contributed by atoms with Crippen molar-refractivity contribution in [3.63, 3.8) is 0 Å². The number of aromatic amines is 1. The van der Waals surface area contributed by atoms with Gasteiger partial charge in [-0.1, -0.05) is 6.07 Å². The second kappa shape index (κ2) is 4.71. The highest BCUT2D eigenvalue weighted by Gasteiger charge is 2.17. The van der Waals surface area contributed by atoms with Crippen molar-refractivity contribution >= 4 is 17.2 Å². The molecule has 1 atom stereocenters. The van der Waals surface area contributed by atoms with Gasteiger partial charge >= 0.3 is 0 Å². The molecule has 0 aliphatic carbocycles. The third kappa shape index (κ3) is 2.39. The number of carbonyl (C=O) groups excluding carboxylic acids is 1. The number of nitrogens with zero attached hydrogens (tertiary/aromatic N) is 1. The molecule has 0 saturated heterocycles. The standard InChI is InChI=1S/C12H15N3OS/c1-7(10-5-4-6-17-10)13-12(16)11-8(2)14-15-9(11)3/h4-7H,1-3H3,(H,13,16)(H,14,15). The molecule has 90 valence electrons. The van der Waals surface area contributed by atoms with E-state index in [0.717, 1.165) is 16.3 Å². The highest BCUT2D eigenvalue weighted by atomic mass is 32.1. The number of amides is 1. The fraction of sp³-hybridized carbons (Fsp3) is 0.333. The van der Waals surface area contributed by atoms with Crippen LogP contribution < -0.4 is 5.32 Å². The van der Waals surface area contributed by atoms with Gasteiger partial charge in [0.25, 0.3) is 5.91 Å². The van der Waals surface area contributed by atoms with E-state index in [0.29, 0.717) is 5.56 Å². The molecular formula is C12H15N3OS. The molecule has 1 amide bonds. The number of hydrogen-bond acceptors (Lipinski definition) is 3. The van der Waals surface area contributed by atoms with E-state index in [1.54, 1.807) is 11.3 Å². The van der Waals surface area contributed by atoms with Crippen LogP contribution in [0, 0.1) is 13.8 Å². The van der Waals surface area contributed by atoms with Gasteiger partial charge in [-0.05, 0) is 32.2 Å². The second-order valence-electron chi connectivity index (χ2n) is 4.02. The SMILES string of the molecule is Cc1n[nH]c(C)c1C(=O)NC(C)c1cccs1. The third-order valence-corrected chi connectivity index (χ3v) is 3.73. The largest absolute Gasteiger partial charge is 0.345 e. The Morgan fingerprint density at radius 3 is 2.82 bits per heavy atom. The Labute approximate surface area is 104 Å². The van der Waals surface area contributed by atoms with Crippen molar-refractivity contribution in [2.75, 3.05) is 0 Å². The van der Waals surface area contributed by atoms with Gasteiger partial charge in [-0.2, -0.15) is 5.10 Å². The summed E-state index contributed by atoms with van der Waals surface area (Å²) in [4.78, 5) is 13.2. The van der Waals surface area contributed by atoms with Gasteiger partial charge in [0.1, 0.15) is 0 Å². The predicted molar refractivity (Wildman–Crippen MR) is 68.3 cm³/mol. The average molecular weight is 249 g/mol. The monoisotopic (exact) mass is 249 g/mol. The topological polar surface area (TPSA) is 57.8 Å². The van der Waals surface area contributed by atoms with Crippen molar-refractivity contribution in [1.29, 1.82) is 0 Å². The average Bonchev–Trinajstić information content (AvgIpc) is 2.88. The number of nitrogens with one attached hydrogen (secondary N) is 2. The molecule has 2 heterocycles. The van der Waals surface area contributed by atoms with Crippen molar-refractivity contribution in [2.45, 2.75) is 26.8 Å². The lowest BCUT2D eigenvalue weighted by Gasteiger charge is -2.12. The summed E-state index contributed by atoms with van der Waals surface area (Å²) in [7, 11) is 0. The van der Waals surface area contributed by atoms with E-state index in [1.165, 1.54) is 0 Å². The number of thiophene rings is 1. The molecule has 4 nitrogen and oxygen atoms in total. The summed E-state index contributed by atoms with van der Waals surface area (Å²) >= 11 is 1.64. The van der Waals surface area contributed by atoms with Crippen LogP contribution in [0.15, 0.2) is 17.5 Å². The maximum atomic E-state index is 12.1. The van der Waals surface area contributed by atoms with E-state index in [2.05, 4.69) is 15.5 Å². The Hall–Kier alpha value is -1.62. The van der Waals surface area contributed by atoms with Crippen molar-refractivity contribution < 1.29 is 4.79 Å². The van der Waals surface area contributed by atoms with Crippen LogP contribution in [0.25, 0.3) is 0 Å². The van der Waals surface area contributed by atoms with E-state index in [4.69, 9.17) is 0 Å². The van der Waals surface area contributed by atoms with Gasteiger partial charge in [-0.3, -0.25) is 9.89 Å². The van der Waals surface area contributed by atoms with Crippen LogP contribution in [0.3, 0.4) is 0 Å². The Morgan fingerprint density at radius 1 is 1.53 bits per heavy atom. The summed E-state index contributed by atoms with van der Waals surface area (Å²) in [5.74, 6) is -0.0744. The highest BCUT2D eigenvalue weighted by Crippen LogP contribution is 2.19. The molecule has 0 aliphatic rings. The normalized spacial score (nSPS) is 12.4. The smallest absolute Gasteiger partial charge is 0.255 e. The maximum Gasteiger partial charge on any atom is 0.255 e. The van der Waals surface area contributed by atoms with E-state index in [9.17, 15) is 4.79 Å². The zero-order chi connectivity index (χ0) is 12.4. The Morgan fingerprint density at radius 2 is 2.29 bits per heavy atom. The summed E-state index contributed by atoms with van der Waals surface area (Å²) in [6.07, 6.45) is 0. The molecule has 0 aromatic carbocycles. The maximum absolute atomic E-state index is 12.1. The molecule has 2 aromatic heterocycles. The fourth-order valence-corrected chi connectivity index (χ4v) is 2.50. The zero-order valence-corrected chi connectivity index (χ0v) is 10.9. The first-order valence-corrected chi connectivity index (χ1v) is 6.33. The number of aromatic nitrogens is 2. The lowest BCUT2D eigenvalue weighted by Crippen LogP contribution is -2.27. The fourth-order valence-electron chi connectivity index (χ4n) is 1.76. The van der Waals surface area contributed by atoms with Crippen LogP contribution >= 0.6 is 11.3 Å². The van der Waals surface area contributed by atoms with Gasteiger partial charge in [0.05, 0.1) is 17.3 Å². The first-order chi connectivity index (χ1) is 8.09. The zero-order valence-electron chi connectivity index (χ0n) is 10.1. The summed E-state index contributed by atoms with van der Waals surface area (Å²) in [6.45, 7) is 5.66. The highest BCUT2D eigenvalue weighted by molar-refractivity contribution is 7.10. The summed E-state index contributed by atoms with van der Waals surface area (Å²) in [5, 5.41) is 11.8. The summed E-state index contributed by atoms with van der Waals surface area (Å²) in [6, 6.07) is 4.03. The molecule has 0 spiro atoms. The molecule has 0 fully saturated rings. The number of H-pyrrole nitrogens is 1. The molecule has 17 heavy (non-hydrogen) atoms. The summed E-state index contributed by atoms with van der Waals surface area (Å²) in [5.41, 5.74) is 2.19. The van der Waals surface area contributed by atoms with Gasteiger partial charge in [-0.15, -0.1) is 11.3 Å². The van der Waals surface area contributed by atoms with Gasteiger partial charge < -0.3 is 5.32 Å². The molecule has 0 aliphatic heterocycles. The number of hydrogen-bond donors (Lipinski definition) is 2. The number of rotatable bonds is 3. The lowest BCUT2D eigenvalue weighted by molar-refractivity contribution is 0.0939. The van der Waals surface area contributed by atoms with E-state index in [-0.39, 0.29) is 11.9 Å². The van der Waals surface area contributed by atoms with Crippen LogP contribution in [-0.4, -0.2) is 16.1 Å². The molecule has 0 saturated carbocycles. The van der Waals surface area contributed by atoms with E-state index in [1.807, 2.05) is 38.3 Å². The van der Waals surface area contributed by atoms with Crippen molar-refractivity contribution in [3.05, 3.63) is 39.3 Å².